The molecular weight excluding hydrogens is 300 g/mol. The highest BCUT2D eigenvalue weighted by molar-refractivity contribution is 5.88. The predicted octanol–water partition coefficient (Wildman–Crippen LogP) is 3.20. The van der Waals surface area contributed by atoms with Gasteiger partial charge in [0.15, 0.2) is 12.6 Å². The zero-order valence-corrected chi connectivity index (χ0v) is 13.0. The maximum absolute atomic E-state index is 11.3. The Hall–Kier alpha value is -1.79. The third-order valence-electron chi connectivity index (χ3n) is 3.94. The minimum Gasteiger partial charge on any atom is -0.478 e. The van der Waals surface area contributed by atoms with Crippen LogP contribution in [0.1, 0.15) is 48.9 Å². The van der Waals surface area contributed by atoms with Gasteiger partial charge in [-0.05, 0) is 37.8 Å². The van der Waals surface area contributed by atoms with Crippen molar-refractivity contribution in [2.45, 2.75) is 51.1 Å². The molecule has 1 aromatic carbocycles. The Morgan fingerprint density at radius 1 is 0.913 bits per heavy atom. The molecule has 0 amide bonds. The highest BCUT2D eigenvalue weighted by Gasteiger charge is 2.19. The quantitative estimate of drug-likeness (QED) is 0.897. The molecule has 0 unspecified atom stereocenters. The summed E-state index contributed by atoms with van der Waals surface area (Å²) in [6.07, 6.45) is 5.10. The second-order valence-corrected chi connectivity index (χ2v) is 5.83. The third kappa shape index (κ3) is 4.59. The highest BCUT2D eigenvalue weighted by Crippen LogP contribution is 2.28. The van der Waals surface area contributed by atoms with Crippen LogP contribution in [0.4, 0.5) is 0 Å². The Labute approximate surface area is 135 Å². The van der Waals surface area contributed by atoms with E-state index >= 15 is 0 Å². The van der Waals surface area contributed by atoms with Crippen LogP contribution < -0.4 is 9.47 Å². The van der Waals surface area contributed by atoms with Gasteiger partial charge in [0.1, 0.15) is 11.5 Å². The van der Waals surface area contributed by atoms with E-state index < -0.39 is 5.97 Å². The molecule has 6 nitrogen and oxygen atoms in total. The van der Waals surface area contributed by atoms with E-state index in [1.165, 1.54) is 12.1 Å². The molecule has 2 aliphatic heterocycles. The van der Waals surface area contributed by atoms with Gasteiger partial charge in [0.25, 0.3) is 0 Å². The molecule has 2 fully saturated rings. The second-order valence-electron chi connectivity index (χ2n) is 5.83. The van der Waals surface area contributed by atoms with Gasteiger partial charge in [-0.25, -0.2) is 4.79 Å². The number of carboxylic acid groups (broad SMARTS) is 1. The van der Waals surface area contributed by atoms with E-state index in [1.807, 2.05) is 0 Å². The van der Waals surface area contributed by atoms with Crippen molar-refractivity contribution in [3.8, 4) is 11.5 Å². The molecule has 23 heavy (non-hydrogen) atoms. The predicted molar refractivity (Wildman–Crippen MR) is 81.8 cm³/mol. The van der Waals surface area contributed by atoms with Crippen molar-refractivity contribution in [3.05, 3.63) is 23.8 Å². The van der Waals surface area contributed by atoms with E-state index in [0.717, 1.165) is 38.5 Å². The summed E-state index contributed by atoms with van der Waals surface area (Å²) < 4.78 is 22.6. The van der Waals surface area contributed by atoms with E-state index in [4.69, 9.17) is 18.9 Å². The molecule has 2 atom stereocenters. The summed E-state index contributed by atoms with van der Waals surface area (Å²) in [6, 6.07) is 4.69. The lowest BCUT2D eigenvalue weighted by Gasteiger charge is -2.25. The summed E-state index contributed by atoms with van der Waals surface area (Å²) >= 11 is 0. The smallest absolute Gasteiger partial charge is 0.335 e. The van der Waals surface area contributed by atoms with Gasteiger partial charge < -0.3 is 24.1 Å². The second kappa shape index (κ2) is 7.66. The molecule has 1 aromatic rings. The molecule has 0 bridgehead atoms. The first-order valence-corrected chi connectivity index (χ1v) is 8.15. The van der Waals surface area contributed by atoms with Crippen molar-refractivity contribution in [2.75, 3.05) is 13.2 Å². The lowest BCUT2D eigenvalue weighted by Crippen LogP contribution is -2.26. The average Bonchev–Trinajstić information content (AvgIpc) is 2.56. The van der Waals surface area contributed by atoms with Gasteiger partial charge in [0.05, 0.1) is 18.8 Å². The third-order valence-corrected chi connectivity index (χ3v) is 3.94. The number of carboxylic acids is 1. The van der Waals surface area contributed by atoms with Crippen molar-refractivity contribution in [1.82, 2.24) is 0 Å². The van der Waals surface area contributed by atoms with E-state index in [1.54, 1.807) is 6.07 Å². The van der Waals surface area contributed by atoms with E-state index in [0.29, 0.717) is 24.7 Å². The zero-order chi connectivity index (χ0) is 16.1. The fourth-order valence-corrected chi connectivity index (χ4v) is 2.74. The first kappa shape index (κ1) is 16.1. The Balaban J connectivity index is 1.73. The molecule has 0 aliphatic carbocycles. The topological polar surface area (TPSA) is 74.2 Å². The molecule has 2 aliphatic rings. The average molecular weight is 322 g/mol. The molecule has 0 spiro atoms. The number of hydrogen-bond acceptors (Lipinski definition) is 5. The number of benzene rings is 1. The number of rotatable bonds is 5. The van der Waals surface area contributed by atoms with Crippen LogP contribution in [0.15, 0.2) is 18.2 Å². The summed E-state index contributed by atoms with van der Waals surface area (Å²) in [6.45, 7) is 1.34. The van der Waals surface area contributed by atoms with Crippen molar-refractivity contribution >= 4 is 5.97 Å². The minimum absolute atomic E-state index is 0.129. The van der Waals surface area contributed by atoms with Crippen molar-refractivity contribution < 1.29 is 28.8 Å². The minimum atomic E-state index is -1.02. The molecule has 0 aromatic heterocycles. The van der Waals surface area contributed by atoms with Gasteiger partial charge in [-0.15, -0.1) is 0 Å². The largest absolute Gasteiger partial charge is 0.478 e. The van der Waals surface area contributed by atoms with E-state index in [-0.39, 0.29) is 18.1 Å². The van der Waals surface area contributed by atoms with Gasteiger partial charge in [-0.3, -0.25) is 0 Å². The van der Waals surface area contributed by atoms with E-state index in [2.05, 4.69) is 0 Å². The summed E-state index contributed by atoms with van der Waals surface area (Å²) in [5, 5.41) is 9.27. The standard InChI is InChI=1S/C17H22O6/c18-17(19)12-9-13(22-15-5-1-3-7-20-15)11-14(10-12)23-16-6-2-4-8-21-16/h9-11,15-16H,1-8H2,(H,18,19)/t15-,16-/m1/s1. The molecule has 2 saturated heterocycles. The maximum Gasteiger partial charge on any atom is 0.335 e. The highest BCUT2D eigenvalue weighted by atomic mass is 16.7. The van der Waals surface area contributed by atoms with Gasteiger partial charge in [0, 0.05) is 18.9 Å². The first-order chi connectivity index (χ1) is 11.2. The zero-order valence-electron chi connectivity index (χ0n) is 13.0. The van der Waals surface area contributed by atoms with Crippen LogP contribution in [0.3, 0.4) is 0 Å². The Morgan fingerprint density at radius 2 is 1.43 bits per heavy atom. The van der Waals surface area contributed by atoms with Gasteiger partial charge in [-0.1, -0.05) is 0 Å². The van der Waals surface area contributed by atoms with Crippen LogP contribution in [0, 0.1) is 0 Å². The molecule has 2 heterocycles. The van der Waals surface area contributed by atoms with Crippen LogP contribution in [-0.2, 0) is 9.47 Å². The van der Waals surface area contributed by atoms with Crippen LogP contribution in [-0.4, -0.2) is 36.9 Å². The Kier molecular flexibility index (Phi) is 5.35. The summed E-state index contributed by atoms with van der Waals surface area (Å²) in [5.74, 6) is -0.125. The normalized spacial score (nSPS) is 24.9. The summed E-state index contributed by atoms with van der Waals surface area (Å²) in [4.78, 5) is 11.3. The lowest BCUT2D eigenvalue weighted by atomic mass is 10.2. The fourth-order valence-electron chi connectivity index (χ4n) is 2.74. The number of carbonyl (C=O) groups is 1. The maximum atomic E-state index is 11.3. The van der Waals surface area contributed by atoms with Crippen molar-refractivity contribution in [1.29, 1.82) is 0 Å². The molecule has 0 saturated carbocycles. The number of ether oxygens (including phenoxy) is 4. The molecule has 126 valence electrons. The number of aromatic carboxylic acids is 1. The Morgan fingerprint density at radius 3 is 1.83 bits per heavy atom. The van der Waals surface area contributed by atoms with E-state index in [9.17, 15) is 9.90 Å². The number of hydrogen-bond donors (Lipinski definition) is 1. The van der Waals surface area contributed by atoms with Crippen molar-refractivity contribution in [3.63, 3.8) is 0 Å². The Bertz CT molecular complexity index is 494. The van der Waals surface area contributed by atoms with Crippen LogP contribution in [0.5, 0.6) is 11.5 Å². The molecule has 6 heteroatoms. The molecular formula is C17H22O6. The lowest BCUT2D eigenvalue weighted by molar-refractivity contribution is -0.109. The SMILES string of the molecule is O=C(O)c1cc(O[C@@H]2CCCCO2)cc(O[C@@H]2CCCCO2)c1. The van der Waals surface area contributed by atoms with Crippen LogP contribution in [0.25, 0.3) is 0 Å². The fraction of sp³-hybridized carbons (Fsp3) is 0.588. The first-order valence-electron chi connectivity index (χ1n) is 8.15. The summed E-state index contributed by atoms with van der Waals surface area (Å²) in [5.41, 5.74) is 0.129. The monoisotopic (exact) mass is 322 g/mol. The molecule has 1 N–H and O–H groups in total. The van der Waals surface area contributed by atoms with Crippen LogP contribution in [0.2, 0.25) is 0 Å². The van der Waals surface area contributed by atoms with Crippen molar-refractivity contribution in [2.24, 2.45) is 0 Å². The molecule has 3 rings (SSSR count). The van der Waals surface area contributed by atoms with Gasteiger partial charge in [0.2, 0.25) is 0 Å². The van der Waals surface area contributed by atoms with Crippen LogP contribution >= 0.6 is 0 Å². The van der Waals surface area contributed by atoms with Gasteiger partial charge >= 0.3 is 5.97 Å². The van der Waals surface area contributed by atoms with Gasteiger partial charge in [-0.2, -0.15) is 0 Å². The summed E-state index contributed by atoms with van der Waals surface area (Å²) in [7, 11) is 0. The molecule has 0 radical (unpaired) electrons.